The van der Waals surface area contributed by atoms with Crippen molar-refractivity contribution in [1.29, 1.82) is 0 Å². The molecule has 3 aromatic rings. The topological polar surface area (TPSA) is 72.5 Å². The Hall–Kier alpha value is -2.27. The molecule has 0 bridgehead atoms. The lowest BCUT2D eigenvalue weighted by molar-refractivity contribution is 1.06. The zero-order chi connectivity index (χ0) is 12.5. The molecule has 6 heteroatoms. The summed E-state index contributed by atoms with van der Waals surface area (Å²) in [6, 6.07) is 5.73. The summed E-state index contributed by atoms with van der Waals surface area (Å²) in [5.41, 5.74) is 8.42. The van der Waals surface area contributed by atoms with E-state index in [0.717, 1.165) is 16.8 Å². The van der Waals surface area contributed by atoms with E-state index in [0.29, 0.717) is 10.8 Å². The highest BCUT2D eigenvalue weighted by molar-refractivity contribution is 6.32. The van der Waals surface area contributed by atoms with Crippen LogP contribution in [0.4, 0.5) is 5.82 Å². The Kier molecular flexibility index (Phi) is 2.53. The molecule has 0 spiro atoms. The van der Waals surface area contributed by atoms with Gasteiger partial charge in [-0.05, 0) is 17.7 Å². The number of hydrogen-bond acceptors (Lipinski definition) is 3. The lowest BCUT2D eigenvalue weighted by atomic mass is 10.1. The fourth-order valence-corrected chi connectivity index (χ4v) is 2.09. The van der Waals surface area contributed by atoms with E-state index in [4.69, 9.17) is 17.3 Å². The molecule has 5 nitrogen and oxygen atoms in total. The second-order valence-electron chi connectivity index (χ2n) is 3.83. The highest BCUT2D eigenvalue weighted by atomic mass is 35.5. The zero-order valence-corrected chi connectivity index (χ0v) is 10.1. The third-order valence-corrected chi connectivity index (χ3v) is 3.01. The number of aromatic nitrogens is 4. The van der Waals surface area contributed by atoms with Crippen molar-refractivity contribution in [2.45, 2.75) is 0 Å². The van der Waals surface area contributed by atoms with Gasteiger partial charge in [0.25, 0.3) is 0 Å². The van der Waals surface area contributed by atoms with Crippen molar-refractivity contribution in [3.8, 4) is 16.8 Å². The summed E-state index contributed by atoms with van der Waals surface area (Å²) in [5.74, 6) is 0.529. The summed E-state index contributed by atoms with van der Waals surface area (Å²) >= 11 is 6.27. The van der Waals surface area contributed by atoms with Gasteiger partial charge in [-0.1, -0.05) is 17.7 Å². The van der Waals surface area contributed by atoms with Gasteiger partial charge in [-0.3, -0.25) is 5.10 Å². The molecular weight excluding hydrogens is 250 g/mol. The third-order valence-electron chi connectivity index (χ3n) is 2.71. The smallest absolute Gasteiger partial charge is 0.126 e. The van der Waals surface area contributed by atoms with E-state index in [-0.39, 0.29) is 0 Å². The number of nitrogens with two attached hydrogens (primary N) is 1. The molecule has 90 valence electrons. The maximum atomic E-state index is 6.27. The predicted molar refractivity (Wildman–Crippen MR) is 70.6 cm³/mol. The summed E-state index contributed by atoms with van der Waals surface area (Å²) in [4.78, 5) is 4.00. The summed E-state index contributed by atoms with van der Waals surface area (Å²) in [7, 11) is 0. The minimum absolute atomic E-state index is 0.529. The lowest BCUT2D eigenvalue weighted by Crippen LogP contribution is -1.92. The molecule has 0 saturated carbocycles. The van der Waals surface area contributed by atoms with Crippen LogP contribution >= 0.6 is 11.6 Å². The van der Waals surface area contributed by atoms with Crippen molar-refractivity contribution in [2.75, 3.05) is 5.73 Å². The second-order valence-corrected chi connectivity index (χ2v) is 4.24. The highest BCUT2D eigenvalue weighted by Crippen LogP contribution is 2.29. The molecule has 18 heavy (non-hydrogen) atoms. The zero-order valence-electron chi connectivity index (χ0n) is 9.34. The molecule has 0 amide bonds. The van der Waals surface area contributed by atoms with Crippen molar-refractivity contribution in [3.05, 3.63) is 48.1 Å². The normalized spacial score (nSPS) is 10.7. The third kappa shape index (κ3) is 1.74. The first-order valence-corrected chi connectivity index (χ1v) is 5.70. The monoisotopic (exact) mass is 259 g/mol. The number of rotatable bonds is 2. The van der Waals surface area contributed by atoms with Crippen LogP contribution < -0.4 is 5.73 Å². The summed E-state index contributed by atoms with van der Waals surface area (Å²) < 4.78 is 1.85. The Balaban J connectivity index is 2.07. The maximum Gasteiger partial charge on any atom is 0.126 e. The summed E-state index contributed by atoms with van der Waals surface area (Å²) in [6.45, 7) is 0. The van der Waals surface area contributed by atoms with Gasteiger partial charge in [0.1, 0.15) is 5.82 Å². The maximum absolute atomic E-state index is 6.27. The average molecular weight is 260 g/mol. The first kappa shape index (κ1) is 10.9. The Morgan fingerprint density at radius 3 is 2.83 bits per heavy atom. The van der Waals surface area contributed by atoms with E-state index in [1.165, 1.54) is 0 Å². The van der Waals surface area contributed by atoms with Crippen molar-refractivity contribution in [3.63, 3.8) is 0 Å². The van der Waals surface area contributed by atoms with Crippen molar-refractivity contribution in [1.82, 2.24) is 19.7 Å². The van der Waals surface area contributed by atoms with Gasteiger partial charge in [0.15, 0.2) is 0 Å². The lowest BCUT2D eigenvalue weighted by Gasteiger charge is -2.07. The standard InChI is InChI=1S/C12H10ClN5/c13-10-5-8(9-6-16-17-12(9)14)1-2-11(10)18-4-3-15-7-18/h1-7H,(H3,14,16,17). The van der Waals surface area contributed by atoms with Crippen LogP contribution in [0.3, 0.4) is 0 Å². The van der Waals surface area contributed by atoms with E-state index >= 15 is 0 Å². The van der Waals surface area contributed by atoms with Crippen LogP contribution in [0.1, 0.15) is 0 Å². The van der Waals surface area contributed by atoms with Crippen LogP contribution in [-0.4, -0.2) is 19.7 Å². The number of halogens is 1. The van der Waals surface area contributed by atoms with Gasteiger partial charge < -0.3 is 10.3 Å². The number of nitrogens with one attached hydrogen (secondary N) is 1. The predicted octanol–water partition coefficient (Wildman–Crippen LogP) is 2.50. The molecule has 0 aliphatic heterocycles. The van der Waals surface area contributed by atoms with Gasteiger partial charge in [-0.25, -0.2) is 4.98 Å². The second kappa shape index (κ2) is 4.19. The molecule has 3 N–H and O–H groups in total. The van der Waals surface area contributed by atoms with Crippen LogP contribution in [-0.2, 0) is 0 Å². The van der Waals surface area contributed by atoms with E-state index in [2.05, 4.69) is 15.2 Å². The fourth-order valence-electron chi connectivity index (χ4n) is 1.81. The molecule has 0 radical (unpaired) electrons. The number of aromatic amines is 1. The molecular formula is C12H10ClN5. The van der Waals surface area contributed by atoms with Gasteiger partial charge >= 0.3 is 0 Å². The SMILES string of the molecule is Nc1[nH]ncc1-c1ccc(-n2ccnc2)c(Cl)c1. The Morgan fingerprint density at radius 2 is 2.22 bits per heavy atom. The Bertz CT molecular complexity index is 672. The summed E-state index contributed by atoms with van der Waals surface area (Å²) in [6.07, 6.45) is 6.93. The highest BCUT2D eigenvalue weighted by Gasteiger charge is 2.08. The van der Waals surface area contributed by atoms with Gasteiger partial charge in [-0.15, -0.1) is 0 Å². The van der Waals surface area contributed by atoms with Crippen LogP contribution in [0.5, 0.6) is 0 Å². The largest absolute Gasteiger partial charge is 0.384 e. The molecule has 0 saturated heterocycles. The number of anilines is 1. The molecule has 0 aliphatic carbocycles. The van der Waals surface area contributed by atoms with E-state index in [9.17, 15) is 0 Å². The Labute approximate surface area is 108 Å². The molecule has 0 aliphatic rings. The molecule has 0 unspecified atom stereocenters. The molecule has 2 aromatic heterocycles. The van der Waals surface area contributed by atoms with Crippen molar-refractivity contribution >= 4 is 17.4 Å². The number of hydrogen-bond donors (Lipinski definition) is 2. The summed E-state index contributed by atoms with van der Waals surface area (Å²) in [5, 5.41) is 7.22. The molecule has 3 rings (SSSR count). The van der Waals surface area contributed by atoms with Crippen molar-refractivity contribution in [2.24, 2.45) is 0 Å². The first-order valence-electron chi connectivity index (χ1n) is 5.33. The average Bonchev–Trinajstić information content (AvgIpc) is 2.99. The number of imidazole rings is 1. The Morgan fingerprint density at radius 1 is 1.33 bits per heavy atom. The van der Waals surface area contributed by atoms with E-state index < -0.39 is 0 Å². The minimum Gasteiger partial charge on any atom is -0.384 e. The number of nitrogens with zero attached hydrogens (tertiary/aromatic N) is 3. The number of benzene rings is 1. The van der Waals surface area contributed by atoms with Gasteiger partial charge in [0.2, 0.25) is 0 Å². The van der Waals surface area contributed by atoms with Crippen LogP contribution in [0.25, 0.3) is 16.8 Å². The quantitative estimate of drug-likeness (QED) is 0.743. The van der Waals surface area contributed by atoms with Crippen LogP contribution in [0.15, 0.2) is 43.1 Å². The van der Waals surface area contributed by atoms with E-state index in [1.807, 2.05) is 29.0 Å². The van der Waals surface area contributed by atoms with E-state index in [1.54, 1.807) is 18.7 Å². The molecule has 0 fully saturated rings. The van der Waals surface area contributed by atoms with Crippen molar-refractivity contribution < 1.29 is 0 Å². The fraction of sp³-hybridized carbons (Fsp3) is 0. The number of nitrogen functional groups attached to an aromatic ring is 1. The molecule has 1 aromatic carbocycles. The van der Waals surface area contributed by atoms with Gasteiger partial charge in [0.05, 0.1) is 23.2 Å². The van der Waals surface area contributed by atoms with Gasteiger partial charge in [0, 0.05) is 18.0 Å². The van der Waals surface area contributed by atoms with Gasteiger partial charge in [-0.2, -0.15) is 5.10 Å². The first-order chi connectivity index (χ1) is 8.75. The number of H-pyrrole nitrogens is 1. The minimum atomic E-state index is 0.529. The molecule has 0 atom stereocenters. The van der Waals surface area contributed by atoms with Crippen LogP contribution in [0.2, 0.25) is 5.02 Å². The van der Waals surface area contributed by atoms with Crippen LogP contribution in [0, 0.1) is 0 Å². The molecule has 2 heterocycles.